The van der Waals surface area contributed by atoms with E-state index in [0.29, 0.717) is 12.8 Å². The minimum Gasteiger partial charge on any atom is -0.377 e. The van der Waals surface area contributed by atoms with Crippen molar-refractivity contribution >= 4 is 0 Å². The third-order valence-corrected chi connectivity index (χ3v) is 2.64. The average Bonchev–Trinajstić information content (AvgIpc) is 2.29. The van der Waals surface area contributed by atoms with Crippen LogP contribution >= 0.6 is 0 Å². The molecule has 0 aromatic heterocycles. The van der Waals surface area contributed by atoms with Crippen molar-refractivity contribution in [3.05, 3.63) is 35.9 Å². The topological polar surface area (TPSA) is 32.3 Å². The number of hydrogen-bond donors (Lipinski definition) is 2. The highest BCUT2D eigenvalue weighted by molar-refractivity contribution is 5.36. The zero-order chi connectivity index (χ0) is 10.6. The van der Waals surface area contributed by atoms with Crippen molar-refractivity contribution in [1.29, 1.82) is 0 Å². The highest BCUT2D eigenvalue weighted by Crippen LogP contribution is 2.16. The Labute approximate surface area is 90.3 Å². The van der Waals surface area contributed by atoms with Crippen LogP contribution in [-0.4, -0.2) is 23.8 Å². The molecule has 1 aliphatic heterocycles. The van der Waals surface area contributed by atoms with Crippen LogP contribution in [0.4, 0.5) is 0 Å². The van der Waals surface area contributed by atoms with Crippen LogP contribution in [0.15, 0.2) is 30.3 Å². The van der Waals surface area contributed by atoms with Crippen molar-refractivity contribution in [3.63, 3.8) is 0 Å². The highest BCUT2D eigenvalue weighted by Gasteiger charge is 2.26. The van der Waals surface area contributed by atoms with E-state index in [1.54, 1.807) is 0 Å². The fraction of sp³-hybridized carbons (Fsp3) is 0.385. The van der Waals surface area contributed by atoms with Gasteiger partial charge >= 0.3 is 0 Å². The van der Waals surface area contributed by atoms with Crippen LogP contribution in [-0.2, 0) is 0 Å². The van der Waals surface area contributed by atoms with Crippen molar-refractivity contribution in [3.8, 4) is 11.8 Å². The summed E-state index contributed by atoms with van der Waals surface area (Å²) in [5, 5.41) is 13.3. The summed E-state index contributed by atoms with van der Waals surface area (Å²) in [6, 6.07) is 9.78. The van der Waals surface area contributed by atoms with E-state index in [4.69, 9.17) is 0 Å². The summed E-state index contributed by atoms with van der Waals surface area (Å²) >= 11 is 0. The molecule has 0 saturated carbocycles. The molecular formula is C13H15NO. The summed E-state index contributed by atoms with van der Waals surface area (Å²) in [4.78, 5) is 0. The molecule has 2 heteroatoms. The summed E-state index contributed by atoms with van der Waals surface area (Å²) in [5.74, 6) is 6.01. The Hall–Kier alpha value is -1.30. The molecule has 15 heavy (non-hydrogen) atoms. The first-order valence-electron chi connectivity index (χ1n) is 5.30. The Morgan fingerprint density at radius 3 is 2.47 bits per heavy atom. The Kier molecular flexibility index (Phi) is 3.05. The average molecular weight is 201 g/mol. The van der Waals surface area contributed by atoms with Gasteiger partial charge in [0.15, 0.2) is 0 Å². The van der Waals surface area contributed by atoms with Gasteiger partial charge in [0, 0.05) is 5.56 Å². The second-order valence-corrected chi connectivity index (χ2v) is 3.90. The third kappa shape index (κ3) is 2.82. The number of piperidine rings is 1. The summed E-state index contributed by atoms with van der Waals surface area (Å²) < 4.78 is 0. The summed E-state index contributed by atoms with van der Waals surface area (Å²) in [5.41, 5.74) is 0.172. The van der Waals surface area contributed by atoms with Gasteiger partial charge in [-0.1, -0.05) is 30.0 Å². The molecule has 0 aliphatic carbocycles. The molecule has 1 aromatic carbocycles. The molecule has 2 nitrogen and oxygen atoms in total. The molecule has 1 saturated heterocycles. The van der Waals surface area contributed by atoms with Crippen LogP contribution in [0.2, 0.25) is 0 Å². The van der Waals surface area contributed by atoms with Crippen molar-refractivity contribution < 1.29 is 5.11 Å². The number of aliphatic hydroxyl groups is 1. The Morgan fingerprint density at radius 1 is 1.13 bits per heavy atom. The van der Waals surface area contributed by atoms with Crippen molar-refractivity contribution in [2.45, 2.75) is 18.4 Å². The zero-order valence-electron chi connectivity index (χ0n) is 8.66. The van der Waals surface area contributed by atoms with E-state index < -0.39 is 5.60 Å². The maximum atomic E-state index is 10.1. The van der Waals surface area contributed by atoms with E-state index >= 15 is 0 Å². The van der Waals surface area contributed by atoms with Crippen molar-refractivity contribution in [2.75, 3.05) is 13.1 Å². The molecule has 1 aliphatic rings. The highest BCUT2D eigenvalue weighted by atomic mass is 16.3. The van der Waals surface area contributed by atoms with Crippen LogP contribution in [0.5, 0.6) is 0 Å². The normalized spacial score (nSPS) is 19.0. The lowest BCUT2D eigenvalue weighted by atomic mass is 9.93. The molecule has 2 rings (SSSR count). The van der Waals surface area contributed by atoms with Gasteiger partial charge < -0.3 is 10.4 Å². The van der Waals surface area contributed by atoms with E-state index in [2.05, 4.69) is 17.2 Å². The molecule has 78 valence electrons. The predicted molar refractivity (Wildman–Crippen MR) is 60.4 cm³/mol. The lowest BCUT2D eigenvalue weighted by Crippen LogP contribution is -2.40. The largest absolute Gasteiger partial charge is 0.377 e. The summed E-state index contributed by atoms with van der Waals surface area (Å²) in [7, 11) is 0. The van der Waals surface area contributed by atoms with Crippen LogP contribution in [0.1, 0.15) is 18.4 Å². The molecule has 1 heterocycles. The molecule has 2 N–H and O–H groups in total. The SMILES string of the molecule is OC1(C#Cc2ccccc2)CCNCC1. The standard InChI is InChI=1S/C13H15NO/c15-13(8-10-14-11-9-13)7-6-12-4-2-1-3-5-12/h1-5,14-15H,8-11H2. The number of hydrogen-bond acceptors (Lipinski definition) is 2. The van der Waals surface area contributed by atoms with Gasteiger partial charge in [0.25, 0.3) is 0 Å². The Bertz CT molecular complexity index is 369. The van der Waals surface area contributed by atoms with Crippen LogP contribution < -0.4 is 5.32 Å². The third-order valence-electron chi connectivity index (χ3n) is 2.64. The molecule has 0 spiro atoms. The van der Waals surface area contributed by atoms with Crippen LogP contribution in [0.25, 0.3) is 0 Å². The first-order chi connectivity index (χ1) is 7.29. The molecule has 0 bridgehead atoms. The lowest BCUT2D eigenvalue weighted by molar-refractivity contribution is 0.0679. The van der Waals surface area contributed by atoms with Gasteiger partial charge in [-0.2, -0.15) is 0 Å². The zero-order valence-corrected chi connectivity index (χ0v) is 8.66. The van der Waals surface area contributed by atoms with E-state index in [-0.39, 0.29) is 0 Å². The van der Waals surface area contributed by atoms with Gasteiger partial charge in [0.05, 0.1) is 0 Å². The quantitative estimate of drug-likeness (QED) is 0.617. The van der Waals surface area contributed by atoms with E-state index in [1.165, 1.54) is 0 Å². The summed E-state index contributed by atoms with van der Waals surface area (Å²) in [6.45, 7) is 1.69. The van der Waals surface area contributed by atoms with Crippen molar-refractivity contribution in [1.82, 2.24) is 5.32 Å². The van der Waals surface area contributed by atoms with Crippen LogP contribution in [0.3, 0.4) is 0 Å². The van der Waals surface area contributed by atoms with Gasteiger partial charge in [-0.05, 0) is 38.1 Å². The van der Waals surface area contributed by atoms with E-state index in [1.807, 2.05) is 30.3 Å². The van der Waals surface area contributed by atoms with E-state index in [0.717, 1.165) is 18.7 Å². The van der Waals surface area contributed by atoms with E-state index in [9.17, 15) is 5.11 Å². The lowest BCUT2D eigenvalue weighted by Gasteiger charge is -2.27. The molecule has 0 amide bonds. The Morgan fingerprint density at radius 2 is 1.80 bits per heavy atom. The molecule has 1 fully saturated rings. The maximum Gasteiger partial charge on any atom is 0.128 e. The Balaban J connectivity index is 2.10. The molecule has 1 aromatic rings. The van der Waals surface area contributed by atoms with Gasteiger partial charge in [0.1, 0.15) is 5.60 Å². The van der Waals surface area contributed by atoms with Gasteiger partial charge in [-0.25, -0.2) is 0 Å². The second-order valence-electron chi connectivity index (χ2n) is 3.90. The minimum absolute atomic E-state index is 0.715. The smallest absolute Gasteiger partial charge is 0.128 e. The fourth-order valence-corrected chi connectivity index (χ4v) is 1.68. The molecular weight excluding hydrogens is 186 g/mol. The fourth-order valence-electron chi connectivity index (χ4n) is 1.68. The number of nitrogens with one attached hydrogen (secondary N) is 1. The monoisotopic (exact) mass is 201 g/mol. The van der Waals surface area contributed by atoms with Crippen molar-refractivity contribution in [2.24, 2.45) is 0 Å². The number of rotatable bonds is 0. The minimum atomic E-state index is -0.791. The second kappa shape index (κ2) is 4.48. The first-order valence-corrected chi connectivity index (χ1v) is 5.30. The van der Waals surface area contributed by atoms with Gasteiger partial charge in [-0.3, -0.25) is 0 Å². The van der Waals surface area contributed by atoms with Gasteiger partial charge in [0.2, 0.25) is 0 Å². The molecule has 0 unspecified atom stereocenters. The van der Waals surface area contributed by atoms with Crippen LogP contribution in [0, 0.1) is 11.8 Å². The van der Waals surface area contributed by atoms with Gasteiger partial charge in [-0.15, -0.1) is 0 Å². The summed E-state index contributed by atoms with van der Waals surface area (Å²) in [6.07, 6.45) is 1.43. The molecule has 0 radical (unpaired) electrons. The first kappa shape index (κ1) is 10.2. The number of benzene rings is 1. The molecule has 0 atom stereocenters. The predicted octanol–water partition coefficient (Wildman–Crippen LogP) is 1.15. The maximum absolute atomic E-state index is 10.1.